The third-order valence-corrected chi connectivity index (χ3v) is 2.16. The van der Waals surface area contributed by atoms with Gasteiger partial charge in [-0.15, -0.1) is 0 Å². The minimum Gasteiger partial charge on any atom is -0.469 e. The molecule has 6 nitrogen and oxygen atoms in total. The SMILES string of the molecule is OCCOCCOCCOCCOC1C=CC=CO1. The molecular formula is C13H22O6. The van der Waals surface area contributed by atoms with Crippen LogP contribution in [-0.4, -0.2) is 64.3 Å². The predicted molar refractivity (Wildman–Crippen MR) is 68.6 cm³/mol. The van der Waals surface area contributed by atoms with Gasteiger partial charge in [0.15, 0.2) is 0 Å². The van der Waals surface area contributed by atoms with Gasteiger partial charge in [0.05, 0.1) is 59.1 Å². The van der Waals surface area contributed by atoms with Crippen LogP contribution in [0.5, 0.6) is 0 Å². The van der Waals surface area contributed by atoms with Crippen LogP contribution in [0, 0.1) is 0 Å². The van der Waals surface area contributed by atoms with Gasteiger partial charge in [0.2, 0.25) is 6.29 Å². The second kappa shape index (κ2) is 12.1. The summed E-state index contributed by atoms with van der Waals surface area (Å²) in [5, 5.41) is 8.47. The summed E-state index contributed by atoms with van der Waals surface area (Å²) in [5.74, 6) is 0. The van der Waals surface area contributed by atoms with Gasteiger partial charge < -0.3 is 28.8 Å². The highest BCUT2D eigenvalue weighted by Crippen LogP contribution is 2.03. The topological polar surface area (TPSA) is 66.4 Å². The number of aliphatic hydroxyl groups is 1. The maximum absolute atomic E-state index is 8.47. The van der Waals surface area contributed by atoms with E-state index in [1.54, 1.807) is 12.3 Å². The van der Waals surface area contributed by atoms with Gasteiger partial charge >= 0.3 is 0 Å². The molecule has 1 rings (SSSR count). The number of hydrogen-bond donors (Lipinski definition) is 1. The van der Waals surface area contributed by atoms with Crippen LogP contribution in [0.3, 0.4) is 0 Å². The van der Waals surface area contributed by atoms with Gasteiger partial charge in [-0.1, -0.05) is 6.08 Å². The molecular weight excluding hydrogens is 252 g/mol. The highest BCUT2D eigenvalue weighted by atomic mass is 16.7. The molecule has 0 aromatic heterocycles. The average Bonchev–Trinajstić information content (AvgIpc) is 2.46. The van der Waals surface area contributed by atoms with Crippen LogP contribution in [0.15, 0.2) is 24.5 Å². The highest BCUT2D eigenvalue weighted by molar-refractivity contribution is 5.05. The van der Waals surface area contributed by atoms with Gasteiger partial charge in [0, 0.05) is 0 Å². The lowest BCUT2D eigenvalue weighted by Gasteiger charge is -2.15. The molecule has 0 radical (unpaired) electrons. The smallest absolute Gasteiger partial charge is 0.219 e. The fourth-order valence-corrected chi connectivity index (χ4v) is 1.29. The first-order valence-electron chi connectivity index (χ1n) is 6.38. The molecule has 0 saturated carbocycles. The molecule has 0 aliphatic carbocycles. The summed E-state index contributed by atoms with van der Waals surface area (Å²) in [6.07, 6.45) is 6.79. The van der Waals surface area contributed by atoms with Crippen molar-refractivity contribution in [3.8, 4) is 0 Å². The number of hydrogen-bond acceptors (Lipinski definition) is 6. The molecule has 1 heterocycles. The molecule has 0 aromatic carbocycles. The van der Waals surface area contributed by atoms with Gasteiger partial charge in [-0.25, -0.2) is 0 Å². The van der Waals surface area contributed by atoms with Gasteiger partial charge in [-0.05, 0) is 12.2 Å². The lowest BCUT2D eigenvalue weighted by atomic mass is 10.4. The quantitative estimate of drug-likeness (QED) is 0.522. The molecule has 1 atom stereocenters. The Hall–Kier alpha value is -0.920. The van der Waals surface area contributed by atoms with E-state index in [0.717, 1.165) is 0 Å². The van der Waals surface area contributed by atoms with Crippen molar-refractivity contribution in [3.05, 3.63) is 24.5 Å². The highest BCUT2D eigenvalue weighted by Gasteiger charge is 2.04. The van der Waals surface area contributed by atoms with E-state index in [0.29, 0.717) is 46.2 Å². The molecule has 19 heavy (non-hydrogen) atoms. The largest absolute Gasteiger partial charge is 0.469 e. The van der Waals surface area contributed by atoms with Gasteiger partial charge in [-0.3, -0.25) is 0 Å². The van der Waals surface area contributed by atoms with E-state index in [-0.39, 0.29) is 12.9 Å². The standard InChI is InChI=1S/C13H22O6/c14-4-6-15-7-8-16-9-10-17-11-12-19-13-3-1-2-5-18-13/h1-3,5,13-14H,4,6-12H2. The summed E-state index contributed by atoms with van der Waals surface area (Å²) in [7, 11) is 0. The Labute approximate surface area is 113 Å². The monoisotopic (exact) mass is 274 g/mol. The summed E-state index contributed by atoms with van der Waals surface area (Å²) < 4.78 is 26.2. The number of aliphatic hydroxyl groups excluding tert-OH is 1. The normalized spacial score (nSPS) is 17.6. The van der Waals surface area contributed by atoms with Crippen molar-refractivity contribution in [2.45, 2.75) is 6.29 Å². The number of rotatable bonds is 12. The Morgan fingerprint density at radius 3 is 2.05 bits per heavy atom. The molecule has 0 bridgehead atoms. The van der Waals surface area contributed by atoms with Gasteiger partial charge in [-0.2, -0.15) is 0 Å². The summed E-state index contributed by atoms with van der Waals surface area (Å²) in [6, 6.07) is 0. The molecule has 6 heteroatoms. The molecule has 1 N–H and O–H groups in total. The molecule has 0 fully saturated rings. The van der Waals surface area contributed by atoms with Gasteiger partial charge in [0.25, 0.3) is 0 Å². The number of ether oxygens (including phenoxy) is 5. The maximum Gasteiger partial charge on any atom is 0.219 e. The minimum absolute atomic E-state index is 0.0405. The maximum atomic E-state index is 8.47. The Morgan fingerprint density at radius 2 is 1.47 bits per heavy atom. The van der Waals surface area contributed by atoms with Crippen LogP contribution in [0.25, 0.3) is 0 Å². The van der Waals surface area contributed by atoms with Crippen molar-refractivity contribution in [2.75, 3.05) is 52.9 Å². The van der Waals surface area contributed by atoms with Crippen LogP contribution in [0.2, 0.25) is 0 Å². The van der Waals surface area contributed by atoms with E-state index in [1.807, 2.05) is 12.2 Å². The average molecular weight is 274 g/mol. The second-order valence-corrected chi connectivity index (χ2v) is 3.65. The summed E-state index contributed by atoms with van der Waals surface area (Å²) >= 11 is 0. The molecule has 0 amide bonds. The molecule has 1 aliphatic heterocycles. The van der Waals surface area contributed by atoms with Crippen molar-refractivity contribution in [1.29, 1.82) is 0 Å². The van der Waals surface area contributed by atoms with Crippen LogP contribution < -0.4 is 0 Å². The van der Waals surface area contributed by atoms with Crippen molar-refractivity contribution >= 4 is 0 Å². The van der Waals surface area contributed by atoms with Crippen molar-refractivity contribution < 1.29 is 28.8 Å². The number of allylic oxidation sites excluding steroid dienone is 2. The van der Waals surface area contributed by atoms with E-state index >= 15 is 0 Å². The lowest BCUT2D eigenvalue weighted by molar-refractivity contribution is -0.0920. The van der Waals surface area contributed by atoms with E-state index in [2.05, 4.69) is 0 Å². The zero-order chi connectivity index (χ0) is 13.6. The Morgan fingerprint density at radius 1 is 0.842 bits per heavy atom. The fourth-order valence-electron chi connectivity index (χ4n) is 1.29. The van der Waals surface area contributed by atoms with Crippen LogP contribution in [0.1, 0.15) is 0 Å². The zero-order valence-corrected chi connectivity index (χ0v) is 11.0. The van der Waals surface area contributed by atoms with Crippen LogP contribution in [0.4, 0.5) is 0 Å². The first kappa shape index (κ1) is 16.1. The second-order valence-electron chi connectivity index (χ2n) is 3.65. The van der Waals surface area contributed by atoms with Crippen molar-refractivity contribution in [3.63, 3.8) is 0 Å². The van der Waals surface area contributed by atoms with Crippen LogP contribution in [-0.2, 0) is 23.7 Å². The lowest BCUT2D eigenvalue weighted by Crippen LogP contribution is -2.17. The Balaban J connectivity index is 1.74. The van der Waals surface area contributed by atoms with Crippen molar-refractivity contribution in [2.24, 2.45) is 0 Å². The summed E-state index contributed by atoms with van der Waals surface area (Å²) in [5.41, 5.74) is 0. The molecule has 0 saturated heterocycles. The molecule has 110 valence electrons. The summed E-state index contributed by atoms with van der Waals surface area (Å²) in [4.78, 5) is 0. The third kappa shape index (κ3) is 9.63. The minimum atomic E-state index is -0.312. The fraction of sp³-hybridized carbons (Fsp3) is 0.692. The van der Waals surface area contributed by atoms with E-state index in [1.165, 1.54) is 0 Å². The molecule has 0 spiro atoms. The van der Waals surface area contributed by atoms with Crippen molar-refractivity contribution in [1.82, 2.24) is 0 Å². The van der Waals surface area contributed by atoms with E-state index in [4.69, 9.17) is 28.8 Å². The Bertz CT molecular complexity index is 254. The molecule has 0 aromatic rings. The van der Waals surface area contributed by atoms with Crippen LogP contribution >= 0.6 is 0 Å². The van der Waals surface area contributed by atoms with E-state index < -0.39 is 0 Å². The van der Waals surface area contributed by atoms with E-state index in [9.17, 15) is 0 Å². The third-order valence-electron chi connectivity index (χ3n) is 2.16. The molecule has 1 aliphatic rings. The Kier molecular flexibility index (Phi) is 10.3. The first-order valence-corrected chi connectivity index (χ1v) is 6.38. The molecule has 1 unspecified atom stereocenters. The predicted octanol–water partition coefficient (Wildman–Crippen LogP) is 0.471. The summed E-state index contributed by atoms with van der Waals surface area (Å²) in [6.45, 7) is 3.40. The first-order chi connectivity index (χ1) is 9.43. The zero-order valence-electron chi connectivity index (χ0n) is 11.0. The van der Waals surface area contributed by atoms with Gasteiger partial charge in [0.1, 0.15) is 0 Å².